The van der Waals surface area contributed by atoms with E-state index in [0.29, 0.717) is 31.3 Å². The van der Waals surface area contributed by atoms with E-state index >= 15 is 0 Å². The molecule has 1 aliphatic rings. The molecule has 7 heteroatoms. The maximum atomic E-state index is 12.7. The van der Waals surface area contributed by atoms with Gasteiger partial charge in [0.25, 0.3) is 0 Å². The molecule has 1 unspecified atom stereocenters. The predicted molar refractivity (Wildman–Crippen MR) is 120 cm³/mol. The Morgan fingerprint density at radius 2 is 1.87 bits per heavy atom. The molecule has 30 heavy (non-hydrogen) atoms. The van der Waals surface area contributed by atoms with Crippen molar-refractivity contribution in [3.63, 3.8) is 0 Å². The zero-order valence-corrected chi connectivity index (χ0v) is 19.4. The maximum Gasteiger partial charge on any atom is 0.220 e. The standard InChI is InChI=1S/C23H37N5O2/c1-15(2)13-19(28-9-11-30-12-10-28)14-24-21(29)8-7-20-16(3)22-18(5)26-27(6)23(22)25-17(20)4/h15,19H,7-14H2,1-6H3,(H,24,29). The van der Waals surface area contributed by atoms with Gasteiger partial charge in [-0.1, -0.05) is 13.8 Å². The summed E-state index contributed by atoms with van der Waals surface area (Å²) in [5.41, 5.74) is 5.26. The minimum absolute atomic E-state index is 0.110. The van der Waals surface area contributed by atoms with Crippen LogP contribution in [-0.4, -0.2) is 64.5 Å². The molecule has 2 aromatic heterocycles. The highest BCUT2D eigenvalue weighted by Gasteiger charge is 2.22. The molecule has 3 heterocycles. The first-order valence-corrected chi connectivity index (χ1v) is 11.2. The molecule has 0 radical (unpaired) electrons. The van der Waals surface area contributed by atoms with E-state index in [9.17, 15) is 4.79 Å². The van der Waals surface area contributed by atoms with E-state index in [1.54, 1.807) is 0 Å². The summed E-state index contributed by atoms with van der Waals surface area (Å²) >= 11 is 0. The van der Waals surface area contributed by atoms with Crippen LogP contribution in [0.5, 0.6) is 0 Å². The molecule has 1 saturated heterocycles. The van der Waals surface area contributed by atoms with Gasteiger partial charge in [0.2, 0.25) is 5.91 Å². The highest BCUT2D eigenvalue weighted by Crippen LogP contribution is 2.26. The average molecular weight is 416 g/mol. The van der Waals surface area contributed by atoms with Gasteiger partial charge >= 0.3 is 0 Å². The van der Waals surface area contributed by atoms with Gasteiger partial charge in [0, 0.05) is 50.2 Å². The second-order valence-electron chi connectivity index (χ2n) is 8.94. The topological polar surface area (TPSA) is 72.3 Å². The number of hydrogen-bond acceptors (Lipinski definition) is 5. The predicted octanol–water partition coefficient (Wildman–Crippen LogP) is 2.69. The number of pyridine rings is 1. The van der Waals surface area contributed by atoms with E-state index < -0.39 is 0 Å². The molecule has 7 nitrogen and oxygen atoms in total. The van der Waals surface area contributed by atoms with Crippen LogP contribution in [0.1, 0.15) is 49.2 Å². The van der Waals surface area contributed by atoms with Gasteiger partial charge < -0.3 is 10.1 Å². The summed E-state index contributed by atoms with van der Waals surface area (Å²) in [5, 5.41) is 8.81. The zero-order chi connectivity index (χ0) is 21.8. The number of carbonyl (C=O) groups excluding carboxylic acids is 1. The Labute approximate surface area is 180 Å². The van der Waals surface area contributed by atoms with Crippen molar-refractivity contribution < 1.29 is 9.53 Å². The van der Waals surface area contributed by atoms with Crippen LogP contribution in [0.4, 0.5) is 0 Å². The van der Waals surface area contributed by atoms with Crippen LogP contribution in [0.2, 0.25) is 0 Å². The molecule has 0 aliphatic carbocycles. The van der Waals surface area contributed by atoms with Gasteiger partial charge in [-0.2, -0.15) is 5.10 Å². The third kappa shape index (κ3) is 5.19. The Balaban J connectivity index is 1.61. The monoisotopic (exact) mass is 415 g/mol. The van der Waals surface area contributed by atoms with Crippen molar-refractivity contribution in [3.05, 3.63) is 22.5 Å². The highest BCUT2D eigenvalue weighted by molar-refractivity contribution is 5.84. The molecule has 1 atom stereocenters. The lowest BCUT2D eigenvalue weighted by Gasteiger charge is -2.35. The van der Waals surface area contributed by atoms with Gasteiger partial charge in [0.1, 0.15) is 0 Å². The number of aromatic nitrogens is 3. The van der Waals surface area contributed by atoms with Crippen LogP contribution in [0.3, 0.4) is 0 Å². The fourth-order valence-corrected chi connectivity index (χ4v) is 4.64. The van der Waals surface area contributed by atoms with Crippen LogP contribution >= 0.6 is 0 Å². The van der Waals surface area contributed by atoms with Crippen molar-refractivity contribution in [3.8, 4) is 0 Å². The first-order valence-electron chi connectivity index (χ1n) is 11.2. The SMILES string of the molecule is Cc1nc2c(c(C)nn2C)c(C)c1CCC(=O)NCC(CC(C)C)N1CCOCC1. The van der Waals surface area contributed by atoms with Crippen molar-refractivity contribution in [1.82, 2.24) is 25.0 Å². The fourth-order valence-electron chi connectivity index (χ4n) is 4.64. The first-order chi connectivity index (χ1) is 14.3. The smallest absolute Gasteiger partial charge is 0.220 e. The fraction of sp³-hybridized carbons (Fsp3) is 0.696. The number of morpholine rings is 1. The Hall–Kier alpha value is -1.99. The number of fused-ring (bicyclic) bond motifs is 1. The van der Waals surface area contributed by atoms with Crippen LogP contribution in [0.15, 0.2) is 0 Å². The Bertz CT molecular complexity index is 884. The van der Waals surface area contributed by atoms with Crippen molar-refractivity contribution >= 4 is 16.9 Å². The lowest BCUT2D eigenvalue weighted by Crippen LogP contribution is -2.49. The summed E-state index contributed by atoms with van der Waals surface area (Å²) in [4.78, 5) is 19.9. The van der Waals surface area contributed by atoms with E-state index in [2.05, 4.69) is 36.1 Å². The highest BCUT2D eigenvalue weighted by atomic mass is 16.5. The van der Waals surface area contributed by atoms with Crippen molar-refractivity contribution in [2.75, 3.05) is 32.8 Å². The number of carbonyl (C=O) groups is 1. The molecular formula is C23H37N5O2. The second kappa shape index (κ2) is 9.88. The van der Waals surface area contributed by atoms with E-state index in [-0.39, 0.29) is 5.91 Å². The summed E-state index contributed by atoms with van der Waals surface area (Å²) in [6, 6.07) is 0.373. The molecule has 166 valence electrons. The van der Waals surface area contributed by atoms with Gasteiger partial charge in [-0.3, -0.25) is 14.4 Å². The summed E-state index contributed by atoms with van der Waals surface area (Å²) in [5.74, 6) is 0.708. The maximum absolute atomic E-state index is 12.7. The van der Waals surface area contributed by atoms with Gasteiger partial charge in [-0.25, -0.2) is 4.98 Å². The number of amides is 1. The number of hydrogen-bond donors (Lipinski definition) is 1. The minimum Gasteiger partial charge on any atom is -0.379 e. The third-order valence-corrected chi connectivity index (χ3v) is 6.17. The minimum atomic E-state index is 0.110. The number of aryl methyl sites for hydroxylation is 4. The number of rotatable bonds is 8. The van der Waals surface area contributed by atoms with Crippen molar-refractivity contribution in [1.29, 1.82) is 0 Å². The lowest BCUT2D eigenvalue weighted by atomic mass is 9.99. The van der Waals surface area contributed by atoms with Crippen LogP contribution in [-0.2, 0) is 23.0 Å². The van der Waals surface area contributed by atoms with E-state index in [1.807, 2.05) is 25.6 Å². The molecule has 1 fully saturated rings. The number of nitrogens with one attached hydrogen (secondary N) is 1. The van der Waals surface area contributed by atoms with E-state index in [4.69, 9.17) is 9.72 Å². The zero-order valence-electron chi connectivity index (χ0n) is 19.4. The quantitative estimate of drug-likeness (QED) is 0.718. The first kappa shape index (κ1) is 22.7. The van der Waals surface area contributed by atoms with Gasteiger partial charge in [-0.05, 0) is 50.7 Å². The average Bonchev–Trinajstić information content (AvgIpc) is 2.98. The molecule has 3 rings (SSSR count). The Kier molecular flexibility index (Phi) is 7.47. The van der Waals surface area contributed by atoms with Gasteiger partial charge in [0.05, 0.1) is 18.9 Å². The molecular weight excluding hydrogens is 378 g/mol. The molecule has 0 saturated carbocycles. The summed E-state index contributed by atoms with van der Waals surface area (Å²) < 4.78 is 7.32. The third-order valence-electron chi connectivity index (χ3n) is 6.17. The number of nitrogens with zero attached hydrogens (tertiary/aromatic N) is 4. The lowest BCUT2D eigenvalue weighted by molar-refractivity contribution is -0.121. The normalized spacial score (nSPS) is 16.4. The molecule has 1 N–H and O–H groups in total. The molecule has 0 aromatic carbocycles. The van der Waals surface area contributed by atoms with Gasteiger partial charge in [-0.15, -0.1) is 0 Å². The largest absolute Gasteiger partial charge is 0.379 e. The van der Waals surface area contributed by atoms with E-state index in [1.165, 1.54) is 11.1 Å². The molecule has 0 spiro atoms. The van der Waals surface area contributed by atoms with Crippen LogP contribution in [0, 0.1) is 26.7 Å². The molecule has 1 aliphatic heterocycles. The number of ether oxygens (including phenoxy) is 1. The Morgan fingerprint density at radius 3 is 2.53 bits per heavy atom. The van der Waals surface area contributed by atoms with Crippen molar-refractivity contribution in [2.45, 2.75) is 59.9 Å². The Morgan fingerprint density at radius 1 is 1.17 bits per heavy atom. The van der Waals surface area contributed by atoms with Crippen LogP contribution < -0.4 is 5.32 Å². The molecule has 2 aromatic rings. The van der Waals surface area contributed by atoms with Crippen LogP contribution in [0.25, 0.3) is 11.0 Å². The summed E-state index contributed by atoms with van der Waals surface area (Å²) in [7, 11) is 1.93. The summed E-state index contributed by atoms with van der Waals surface area (Å²) in [6.07, 6.45) is 2.26. The molecule has 1 amide bonds. The second-order valence-corrected chi connectivity index (χ2v) is 8.94. The summed E-state index contributed by atoms with van der Waals surface area (Å²) in [6.45, 7) is 14.8. The van der Waals surface area contributed by atoms with Gasteiger partial charge in [0.15, 0.2) is 5.65 Å². The van der Waals surface area contributed by atoms with E-state index in [0.717, 1.165) is 55.1 Å². The van der Waals surface area contributed by atoms with Crippen molar-refractivity contribution in [2.24, 2.45) is 13.0 Å². The molecule has 0 bridgehead atoms.